The Bertz CT molecular complexity index is 1710. The molecule has 0 saturated carbocycles. The van der Waals surface area contributed by atoms with E-state index in [4.69, 9.17) is 18.8 Å². The van der Waals surface area contributed by atoms with Crippen molar-refractivity contribution in [3.05, 3.63) is 100 Å². The fourth-order valence-corrected chi connectivity index (χ4v) is 4.01. The molecule has 5 heteroatoms. The van der Waals surface area contributed by atoms with Gasteiger partial charge in [-0.1, -0.05) is 42.5 Å². The predicted molar refractivity (Wildman–Crippen MR) is 121 cm³/mol. The third-order valence-corrected chi connectivity index (χ3v) is 5.46. The van der Waals surface area contributed by atoms with Gasteiger partial charge in [0.2, 0.25) is 0 Å². The highest BCUT2D eigenvalue weighted by Crippen LogP contribution is 2.33. The zero-order chi connectivity index (χ0) is 20.9. The Balaban J connectivity index is 1.77. The zero-order valence-corrected chi connectivity index (χ0v) is 16.6. The summed E-state index contributed by atoms with van der Waals surface area (Å²) >= 11 is 0. The van der Waals surface area contributed by atoms with Gasteiger partial charge in [0.1, 0.15) is 11.2 Å². The highest BCUT2D eigenvalue weighted by Gasteiger charge is 2.17. The molecule has 0 amide bonds. The van der Waals surface area contributed by atoms with Gasteiger partial charge in [-0.15, -0.1) is 0 Å². The number of aryl methyl sites for hydroxylation is 1. The lowest BCUT2D eigenvalue weighted by atomic mass is 10.0. The summed E-state index contributed by atoms with van der Waals surface area (Å²) in [6.45, 7) is 1.88. The molecule has 1 aromatic heterocycles. The van der Waals surface area contributed by atoms with Gasteiger partial charge in [0, 0.05) is 28.3 Å². The molecule has 5 nitrogen and oxygen atoms in total. The van der Waals surface area contributed by atoms with Crippen LogP contribution in [-0.2, 0) is 0 Å². The number of rotatable bonds is 1. The van der Waals surface area contributed by atoms with Crippen LogP contribution in [-0.4, -0.2) is 4.98 Å². The molecular formula is C26H16N2O3. The van der Waals surface area contributed by atoms with E-state index in [-0.39, 0.29) is 0 Å². The number of nitrogens with zero attached hydrogens (tertiary/aromatic N) is 2. The van der Waals surface area contributed by atoms with Gasteiger partial charge in [-0.3, -0.25) is 0 Å². The number of hydrogen-bond donors (Lipinski definition) is 0. The van der Waals surface area contributed by atoms with E-state index < -0.39 is 5.63 Å². The molecule has 0 bridgehead atoms. The van der Waals surface area contributed by atoms with Crippen LogP contribution in [0.1, 0.15) is 5.56 Å². The van der Waals surface area contributed by atoms with Gasteiger partial charge in [-0.25, -0.2) is 14.8 Å². The first kappa shape index (κ1) is 17.6. The zero-order valence-electron chi connectivity index (χ0n) is 16.6. The van der Waals surface area contributed by atoms with Crippen LogP contribution < -0.4 is 11.0 Å². The van der Waals surface area contributed by atoms with Gasteiger partial charge in [-0.2, -0.15) is 0 Å². The molecular weight excluding hydrogens is 388 g/mol. The normalized spacial score (nSPS) is 12.4. The van der Waals surface area contributed by atoms with Crippen molar-refractivity contribution in [2.24, 2.45) is 4.99 Å². The molecule has 0 radical (unpaired) electrons. The first-order valence-electron chi connectivity index (χ1n) is 9.97. The molecule has 0 saturated heterocycles. The SMILES string of the molecule is Cc1cc(=O)oc2c1ccc1oc3cc(=Nc4ccccc4)c4ccccc4c-3nc12. The van der Waals surface area contributed by atoms with Gasteiger partial charge in [0.25, 0.3) is 0 Å². The van der Waals surface area contributed by atoms with Crippen molar-refractivity contribution in [1.29, 1.82) is 0 Å². The topological polar surface area (TPSA) is 68.6 Å². The predicted octanol–water partition coefficient (Wildman–Crippen LogP) is 5.73. The van der Waals surface area contributed by atoms with E-state index >= 15 is 0 Å². The second-order valence-corrected chi connectivity index (χ2v) is 7.49. The Morgan fingerprint density at radius 3 is 2.42 bits per heavy atom. The Morgan fingerprint density at radius 1 is 0.806 bits per heavy atom. The van der Waals surface area contributed by atoms with E-state index in [2.05, 4.69) is 0 Å². The van der Waals surface area contributed by atoms with Crippen LogP contribution in [0, 0.1) is 6.92 Å². The molecule has 148 valence electrons. The number of aromatic nitrogens is 1. The number of para-hydroxylation sites is 1. The van der Waals surface area contributed by atoms with Crippen molar-refractivity contribution in [3.8, 4) is 11.5 Å². The van der Waals surface area contributed by atoms with Gasteiger partial charge >= 0.3 is 5.63 Å². The summed E-state index contributed by atoms with van der Waals surface area (Å²) in [5.41, 5.74) is 3.53. The third kappa shape index (κ3) is 2.82. The summed E-state index contributed by atoms with van der Waals surface area (Å²) in [6, 6.07) is 24.9. The average Bonchev–Trinajstić information content (AvgIpc) is 2.78. The van der Waals surface area contributed by atoms with E-state index in [0.29, 0.717) is 28.1 Å². The Labute approximate surface area is 176 Å². The molecule has 6 rings (SSSR count). The summed E-state index contributed by atoms with van der Waals surface area (Å²) in [7, 11) is 0. The molecule has 0 fully saturated rings. The first-order valence-corrected chi connectivity index (χ1v) is 9.97. The Kier molecular flexibility index (Phi) is 3.77. The second kappa shape index (κ2) is 6.64. The fourth-order valence-electron chi connectivity index (χ4n) is 4.01. The van der Waals surface area contributed by atoms with Crippen LogP contribution in [0.4, 0.5) is 5.69 Å². The molecule has 2 aliphatic rings. The molecule has 1 aliphatic heterocycles. The minimum absolute atomic E-state index is 0.402. The third-order valence-electron chi connectivity index (χ3n) is 5.46. The van der Waals surface area contributed by atoms with E-state index in [0.717, 1.165) is 32.8 Å². The van der Waals surface area contributed by atoms with Crippen molar-refractivity contribution in [3.63, 3.8) is 0 Å². The minimum atomic E-state index is -0.402. The summed E-state index contributed by atoms with van der Waals surface area (Å²) in [5, 5.41) is 3.54. The summed E-state index contributed by atoms with van der Waals surface area (Å²) < 4.78 is 11.8. The van der Waals surface area contributed by atoms with Crippen molar-refractivity contribution < 1.29 is 8.83 Å². The standard InChI is InChI=1S/C26H16N2O3/c1-15-13-23(29)31-26-17(15)11-12-21-25(26)28-24-19-10-6-5-9-18(19)20(14-22(24)30-21)27-16-7-3-2-4-8-16/h2-14H,1H3. The summed E-state index contributed by atoms with van der Waals surface area (Å²) in [4.78, 5) is 21.7. The maximum atomic E-state index is 12.0. The van der Waals surface area contributed by atoms with Crippen molar-refractivity contribution in [2.75, 3.05) is 0 Å². The quantitative estimate of drug-likeness (QED) is 0.199. The highest BCUT2D eigenvalue weighted by atomic mass is 16.4. The van der Waals surface area contributed by atoms with Crippen molar-refractivity contribution >= 4 is 38.5 Å². The molecule has 0 unspecified atom stereocenters. The minimum Gasteiger partial charge on any atom is -0.453 e. The summed E-state index contributed by atoms with van der Waals surface area (Å²) in [5.74, 6) is 0.621. The second-order valence-electron chi connectivity index (χ2n) is 7.49. The van der Waals surface area contributed by atoms with Crippen LogP contribution in [0.3, 0.4) is 0 Å². The lowest BCUT2D eigenvalue weighted by Gasteiger charge is -2.11. The lowest BCUT2D eigenvalue weighted by Crippen LogP contribution is -2.06. The van der Waals surface area contributed by atoms with E-state index in [1.807, 2.05) is 79.7 Å². The first-order chi connectivity index (χ1) is 15.2. The van der Waals surface area contributed by atoms with Crippen LogP contribution in [0.15, 0.2) is 97.5 Å². The van der Waals surface area contributed by atoms with E-state index in [1.165, 1.54) is 6.07 Å². The van der Waals surface area contributed by atoms with Crippen molar-refractivity contribution in [2.45, 2.75) is 6.92 Å². The van der Waals surface area contributed by atoms with Crippen molar-refractivity contribution in [1.82, 2.24) is 4.98 Å². The molecule has 31 heavy (non-hydrogen) atoms. The number of fused-ring (bicyclic) bond motifs is 6. The van der Waals surface area contributed by atoms with Gasteiger partial charge in [0.15, 0.2) is 16.9 Å². The molecule has 3 aromatic carbocycles. The van der Waals surface area contributed by atoms with E-state index in [1.54, 1.807) is 0 Å². The molecule has 2 heterocycles. The maximum Gasteiger partial charge on any atom is 0.336 e. The van der Waals surface area contributed by atoms with Crippen LogP contribution in [0.25, 0.3) is 44.3 Å². The van der Waals surface area contributed by atoms with Gasteiger partial charge in [-0.05, 0) is 36.8 Å². The highest BCUT2D eigenvalue weighted by molar-refractivity contribution is 6.03. The summed E-state index contributed by atoms with van der Waals surface area (Å²) in [6.07, 6.45) is 0. The van der Waals surface area contributed by atoms with Crippen LogP contribution in [0.5, 0.6) is 0 Å². The molecule has 1 aliphatic carbocycles. The smallest absolute Gasteiger partial charge is 0.336 e. The number of hydrogen-bond acceptors (Lipinski definition) is 5. The monoisotopic (exact) mass is 404 g/mol. The maximum absolute atomic E-state index is 12.0. The van der Waals surface area contributed by atoms with E-state index in [9.17, 15) is 4.79 Å². The number of benzene rings is 4. The fraction of sp³-hybridized carbons (Fsp3) is 0.0385. The van der Waals surface area contributed by atoms with Crippen LogP contribution >= 0.6 is 0 Å². The van der Waals surface area contributed by atoms with Gasteiger partial charge in [0.05, 0.1) is 11.0 Å². The Morgan fingerprint density at radius 2 is 1.58 bits per heavy atom. The molecule has 4 aromatic rings. The Hall–Kier alpha value is -4.25. The van der Waals surface area contributed by atoms with Crippen LogP contribution in [0.2, 0.25) is 0 Å². The molecule has 0 atom stereocenters. The lowest BCUT2D eigenvalue weighted by molar-refractivity contribution is 0.559. The largest absolute Gasteiger partial charge is 0.453 e. The average molecular weight is 404 g/mol. The molecule has 0 spiro atoms. The van der Waals surface area contributed by atoms with Gasteiger partial charge < -0.3 is 8.83 Å². The molecule has 0 N–H and O–H groups in total.